The van der Waals surface area contributed by atoms with E-state index in [0.29, 0.717) is 19.1 Å². The van der Waals surface area contributed by atoms with Crippen LogP contribution in [0.1, 0.15) is 23.7 Å². The Morgan fingerprint density at radius 3 is 3.08 bits per heavy atom. The van der Waals surface area contributed by atoms with Crippen molar-refractivity contribution in [3.05, 3.63) is 53.9 Å². The second kappa shape index (κ2) is 6.43. The number of fused-ring (bicyclic) bond motifs is 1. The number of carbonyl (C=O) groups is 1. The molecule has 25 heavy (non-hydrogen) atoms. The van der Waals surface area contributed by atoms with Crippen LogP contribution < -0.4 is 10.1 Å². The third-order valence-electron chi connectivity index (χ3n) is 4.27. The number of hydrogen-bond acceptors (Lipinski definition) is 4. The van der Waals surface area contributed by atoms with Gasteiger partial charge in [-0.2, -0.15) is 5.10 Å². The molecule has 1 aromatic carbocycles. The van der Waals surface area contributed by atoms with Crippen molar-refractivity contribution in [3.8, 4) is 5.75 Å². The maximum absolute atomic E-state index is 12.5. The van der Waals surface area contributed by atoms with Crippen LogP contribution in [0.25, 0.3) is 0 Å². The molecule has 3 heterocycles. The van der Waals surface area contributed by atoms with Crippen LogP contribution in [0.3, 0.4) is 0 Å². The SMILES string of the molecule is Cc1cc(NC(=O)N2C=CC=NC2)n(C2CCOc3ccccc32)n1. The highest BCUT2D eigenvalue weighted by Gasteiger charge is 2.26. The lowest BCUT2D eigenvalue weighted by atomic mass is 10.0. The van der Waals surface area contributed by atoms with E-state index in [4.69, 9.17) is 4.74 Å². The number of anilines is 1. The average Bonchev–Trinajstić information content (AvgIpc) is 3.02. The lowest BCUT2D eigenvalue weighted by Gasteiger charge is -2.27. The lowest BCUT2D eigenvalue weighted by Crippen LogP contribution is -2.33. The van der Waals surface area contributed by atoms with E-state index in [1.807, 2.05) is 41.9 Å². The van der Waals surface area contributed by atoms with Crippen molar-refractivity contribution < 1.29 is 9.53 Å². The Bertz CT molecular complexity index is 855. The zero-order valence-corrected chi connectivity index (χ0v) is 13.9. The number of aliphatic imine (C=N–C) groups is 1. The van der Waals surface area contributed by atoms with E-state index in [1.54, 1.807) is 18.5 Å². The van der Waals surface area contributed by atoms with E-state index in [9.17, 15) is 4.79 Å². The van der Waals surface area contributed by atoms with E-state index in [-0.39, 0.29) is 12.1 Å². The summed E-state index contributed by atoms with van der Waals surface area (Å²) < 4.78 is 7.62. The first-order valence-electron chi connectivity index (χ1n) is 8.24. The molecule has 4 rings (SSSR count). The molecular formula is C18H19N5O2. The minimum atomic E-state index is -0.227. The number of rotatable bonds is 2. The molecule has 2 amide bonds. The van der Waals surface area contributed by atoms with Crippen LogP contribution in [0.5, 0.6) is 5.75 Å². The molecular weight excluding hydrogens is 318 g/mol. The highest BCUT2D eigenvalue weighted by Crippen LogP contribution is 2.36. The molecule has 1 N–H and O–H groups in total. The van der Waals surface area contributed by atoms with E-state index < -0.39 is 0 Å². The Balaban J connectivity index is 1.63. The van der Waals surface area contributed by atoms with Gasteiger partial charge in [-0.05, 0) is 19.1 Å². The van der Waals surface area contributed by atoms with Gasteiger partial charge < -0.3 is 4.74 Å². The van der Waals surface area contributed by atoms with Crippen LogP contribution in [0.15, 0.2) is 47.6 Å². The number of amides is 2. The topological polar surface area (TPSA) is 71.8 Å². The Hall–Kier alpha value is -3.09. The Kier molecular flexibility index (Phi) is 3.97. The van der Waals surface area contributed by atoms with Crippen molar-refractivity contribution >= 4 is 18.1 Å². The predicted molar refractivity (Wildman–Crippen MR) is 95.0 cm³/mol. The normalized spacial score (nSPS) is 18.6. The summed E-state index contributed by atoms with van der Waals surface area (Å²) in [5, 5.41) is 7.56. The molecule has 0 spiro atoms. The van der Waals surface area contributed by atoms with Gasteiger partial charge in [0, 0.05) is 30.5 Å². The predicted octanol–water partition coefficient (Wildman–Crippen LogP) is 2.95. The molecule has 0 fully saturated rings. The van der Waals surface area contributed by atoms with E-state index in [0.717, 1.165) is 23.4 Å². The van der Waals surface area contributed by atoms with Crippen LogP contribution >= 0.6 is 0 Å². The molecule has 1 atom stereocenters. The van der Waals surface area contributed by atoms with Gasteiger partial charge >= 0.3 is 6.03 Å². The molecule has 0 saturated heterocycles. The Morgan fingerprint density at radius 2 is 2.24 bits per heavy atom. The molecule has 0 radical (unpaired) electrons. The zero-order valence-electron chi connectivity index (χ0n) is 13.9. The summed E-state index contributed by atoms with van der Waals surface area (Å²) in [6.45, 7) is 2.86. The van der Waals surface area contributed by atoms with Gasteiger partial charge in [0.2, 0.25) is 0 Å². The fourth-order valence-electron chi connectivity index (χ4n) is 3.12. The Labute approximate surface area is 145 Å². The van der Waals surface area contributed by atoms with Crippen molar-refractivity contribution in [2.75, 3.05) is 18.6 Å². The van der Waals surface area contributed by atoms with Crippen molar-refractivity contribution in [2.24, 2.45) is 4.99 Å². The molecule has 128 valence electrons. The van der Waals surface area contributed by atoms with Crippen molar-refractivity contribution in [1.29, 1.82) is 0 Å². The second-order valence-corrected chi connectivity index (χ2v) is 6.02. The quantitative estimate of drug-likeness (QED) is 0.916. The standard InChI is InChI=1S/C18H19N5O2/c1-13-11-17(20-18(24)22-9-4-8-19-12-22)23(21-13)15-7-10-25-16-6-3-2-5-14(15)16/h2-6,8-9,11,15H,7,10,12H2,1H3,(H,20,24). The molecule has 0 saturated carbocycles. The molecule has 2 aliphatic rings. The van der Waals surface area contributed by atoms with Gasteiger partial charge in [0.1, 0.15) is 18.2 Å². The highest BCUT2D eigenvalue weighted by atomic mass is 16.5. The molecule has 1 aromatic heterocycles. The van der Waals surface area contributed by atoms with E-state index >= 15 is 0 Å². The maximum Gasteiger partial charge on any atom is 0.328 e. The number of benzene rings is 1. The first kappa shape index (κ1) is 15.4. The van der Waals surface area contributed by atoms with Crippen LogP contribution in [0.2, 0.25) is 0 Å². The number of nitrogens with one attached hydrogen (secondary N) is 1. The largest absolute Gasteiger partial charge is 0.493 e. The molecule has 0 aliphatic carbocycles. The summed E-state index contributed by atoms with van der Waals surface area (Å²) in [5.41, 5.74) is 1.93. The summed E-state index contributed by atoms with van der Waals surface area (Å²) in [5.74, 6) is 1.55. The summed E-state index contributed by atoms with van der Waals surface area (Å²) in [7, 11) is 0. The first-order valence-corrected chi connectivity index (χ1v) is 8.24. The monoisotopic (exact) mass is 337 g/mol. The van der Waals surface area contributed by atoms with Gasteiger partial charge in [-0.3, -0.25) is 15.2 Å². The molecule has 7 heteroatoms. The number of ether oxygens (including phenoxy) is 1. The van der Waals surface area contributed by atoms with Gasteiger partial charge in [0.15, 0.2) is 0 Å². The van der Waals surface area contributed by atoms with Crippen LogP contribution in [-0.4, -0.2) is 40.2 Å². The third kappa shape index (κ3) is 3.00. The number of hydrogen-bond donors (Lipinski definition) is 1. The molecule has 1 unspecified atom stereocenters. The number of urea groups is 1. The highest BCUT2D eigenvalue weighted by molar-refractivity contribution is 5.90. The smallest absolute Gasteiger partial charge is 0.328 e. The number of carbonyl (C=O) groups excluding carboxylic acids is 1. The first-order chi connectivity index (χ1) is 12.2. The van der Waals surface area contributed by atoms with Crippen LogP contribution in [0.4, 0.5) is 10.6 Å². The average molecular weight is 337 g/mol. The fraction of sp³-hybridized carbons (Fsp3) is 0.278. The number of para-hydroxylation sites is 1. The number of allylic oxidation sites excluding steroid dienone is 1. The van der Waals surface area contributed by atoms with Gasteiger partial charge in [-0.25, -0.2) is 9.48 Å². The number of aryl methyl sites for hydroxylation is 1. The van der Waals surface area contributed by atoms with Gasteiger partial charge in [0.25, 0.3) is 0 Å². The molecule has 0 bridgehead atoms. The number of nitrogens with zero attached hydrogens (tertiary/aromatic N) is 4. The lowest BCUT2D eigenvalue weighted by molar-refractivity contribution is 0.228. The fourth-order valence-corrected chi connectivity index (χ4v) is 3.12. The molecule has 7 nitrogen and oxygen atoms in total. The van der Waals surface area contributed by atoms with E-state index in [1.165, 1.54) is 4.90 Å². The van der Waals surface area contributed by atoms with Gasteiger partial charge in [-0.1, -0.05) is 18.2 Å². The van der Waals surface area contributed by atoms with Gasteiger partial charge in [0.05, 0.1) is 18.3 Å². The van der Waals surface area contributed by atoms with Gasteiger partial charge in [-0.15, -0.1) is 0 Å². The second-order valence-electron chi connectivity index (χ2n) is 6.02. The summed E-state index contributed by atoms with van der Waals surface area (Å²) in [6.07, 6.45) is 5.92. The summed E-state index contributed by atoms with van der Waals surface area (Å²) in [6, 6.07) is 9.65. The van der Waals surface area contributed by atoms with Crippen LogP contribution in [-0.2, 0) is 0 Å². The Morgan fingerprint density at radius 1 is 1.36 bits per heavy atom. The minimum Gasteiger partial charge on any atom is -0.493 e. The summed E-state index contributed by atoms with van der Waals surface area (Å²) in [4.78, 5) is 18.1. The van der Waals surface area contributed by atoms with Crippen LogP contribution in [0, 0.1) is 6.92 Å². The maximum atomic E-state index is 12.5. The third-order valence-corrected chi connectivity index (χ3v) is 4.27. The zero-order chi connectivity index (χ0) is 17.2. The summed E-state index contributed by atoms with van der Waals surface area (Å²) >= 11 is 0. The molecule has 2 aliphatic heterocycles. The van der Waals surface area contributed by atoms with Crippen molar-refractivity contribution in [3.63, 3.8) is 0 Å². The van der Waals surface area contributed by atoms with Crippen molar-refractivity contribution in [1.82, 2.24) is 14.7 Å². The minimum absolute atomic E-state index is 0.0314. The van der Waals surface area contributed by atoms with Crippen molar-refractivity contribution in [2.45, 2.75) is 19.4 Å². The number of aromatic nitrogens is 2. The molecule has 2 aromatic rings. The van der Waals surface area contributed by atoms with E-state index in [2.05, 4.69) is 15.4 Å².